The zero-order chi connectivity index (χ0) is 25.8. The van der Waals surface area contributed by atoms with Crippen molar-refractivity contribution in [1.29, 1.82) is 0 Å². The number of hydrogen-bond donors (Lipinski definition) is 0. The number of fused-ring (bicyclic) bond motifs is 1. The molecule has 0 aliphatic carbocycles. The molecule has 0 saturated heterocycles. The minimum atomic E-state index is -0.522. The fraction of sp³-hybridized carbons (Fsp3) is 0.240. The van der Waals surface area contributed by atoms with Crippen molar-refractivity contribution in [2.24, 2.45) is 0 Å². The average Bonchev–Trinajstić information content (AvgIpc) is 2.90. The van der Waals surface area contributed by atoms with Gasteiger partial charge in [-0.15, -0.1) is 0 Å². The molecule has 3 aromatic carbocycles. The van der Waals surface area contributed by atoms with Gasteiger partial charge in [0.1, 0.15) is 12.4 Å². The highest BCUT2D eigenvalue weighted by Crippen LogP contribution is 2.39. The zero-order valence-electron chi connectivity index (χ0n) is 19.6. The highest BCUT2D eigenvalue weighted by atomic mass is 16.6. The van der Waals surface area contributed by atoms with E-state index < -0.39 is 15.9 Å². The minimum absolute atomic E-state index is 0.0582. The average molecular weight is 493 g/mol. The van der Waals surface area contributed by atoms with Gasteiger partial charge in [0.15, 0.2) is 11.5 Å². The minimum Gasteiger partial charge on any atom is -0.493 e. The first-order valence-electron chi connectivity index (χ1n) is 11.0. The number of methoxy groups -OCH3 is 2. The molecule has 186 valence electrons. The Morgan fingerprint density at radius 2 is 1.47 bits per heavy atom. The summed E-state index contributed by atoms with van der Waals surface area (Å²) in [7, 11) is 3.07. The van der Waals surface area contributed by atoms with Crippen LogP contribution in [0.1, 0.15) is 27.5 Å². The number of nitro benzene ring substituents is 2. The topological polar surface area (TPSA) is 134 Å². The number of carbonyl (C=O) groups excluding carboxylic acids is 1. The van der Waals surface area contributed by atoms with Crippen LogP contribution in [-0.2, 0) is 6.42 Å². The molecular weight excluding hydrogens is 470 g/mol. The molecule has 0 fully saturated rings. The molecule has 1 atom stereocenters. The Morgan fingerprint density at radius 1 is 0.917 bits per heavy atom. The van der Waals surface area contributed by atoms with Gasteiger partial charge in [-0.3, -0.25) is 25.0 Å². The summed E-state index contributed by atoms with van der Waals surface area (Å²) in [5.74, 6) is 1.18. The molecule has 1 amide bonds. The SMILES string of the molecule is COc1cc2c(cc1OC)C(COc1ccc([N+](=O)[O-])cc1)N(C(=O)c1ccc([N+](=O)[O-])cc1)CC2. The van der Waals surface area contributed by atoms with Gasteiger partial charge in [-0.05, 0) is 53.9 Å². The molecule has 1 unspecified atom stereocenters. The third kappa shape index (κ3) is 4.90. The van der Waals surface area contributed by atoms with E-state index in [9.17, 15) is 25.0 Å². The van der Waals surface area contributed by atoms with Crippen LogP contribution in [0, 0.1) is 20.2 Å². The van der Waals surface area contributed by atoms with Crippen LogP contribution in [0.25, 0.3) is 0 Å². The molecule has 3 aromatic rings. The zero-order valence-corrected chi connectivity index (χ0v) is 19.6. The molecule has 1 aliphatic rings. The van der Waals surface area contributed by atoms with Crippen molar-refractivity contribution in [3.8, 4) is 17.2 Å². The fourth-order valence-corrected chi connectivity index (χ4v) is 4.18. The van der Waals surface area contributed by atoms with Crippen LogP contribution in [0.2, 0.25) is 0 Å². The predicted octanol–water partition coefficient (Wildman–Crippen LogP) is 4.34. The van der Waals surface area contributed by atoms with Gasteiger partial charge in [0.05, 0.1) is 30.1 Å². The molecule has 1 aliphatic heterocycles. The number of hydrogen-bond acceptors (Lipinski definition) is 8. The Bertz CT molecular complexity index is 1290. The lowest BCUT2D eigenvalue weighted by molar-refractivity contribution is -0.385. The van der Waals surface area contributed by atoms with Crippen LogP contribution < -0.4 is 14.2 Å². The first-order valence-corrected chi connectivity index (χ1v) is 11.0. The molecule has 11 nitrogen and oxygen atoms in total. The number of rotatable bonds is 8. The van der Waals surface area contributed by atoms with E-state index in [-0.39, 0.29) is 23.9 Å². The molecule has 0 radical (unpaired) electrons. The van der Waals surface area contributed by atoms with Crippen LogP contribution in [0.5, 0.6) is 17.2 Å². The van der Waals surface area contributed by atoms with Crippen molar-refractivity contribution in [3.63, 3.8) is 0 Å². The number of nitro groups is 2. The number of amides is 1. The van der Waals surface area contributed by atoms with Gasteiger partial charge in [0.2, 0.25) is 0 Å². The third-order valence-electron chi connectivity index (χ3n) is 6.04. The Hall–Kier alpha value is -4.67. The van der Waals surface area contributed by atoms with Crippen molar-refractivity contribution >= 4 is 17.3 Å². The van der Waals surface area contributed by atoms with Crippen LogP contribution in [-0.4, -0.2) is 48.0 Å². The number of nitrogens with zero attached hydrogens (tertiary/aromatic N) is 3. The van der Waals surface area contributed by atoms with Crippen molar-refractivity contribution in [3.05, 3.63) is 97.6 Å². The third-order valence-corrected chi connectivity index (χ3v) is 6.04. The summed E-state index contributed by atoms with van der Waals surface area (Å²) in [5, 5.41) is 21.9. The fourth-order valence-electron chi connectivity index (χ4n) is 4.18. The van der Waals surface area contributed by atoms with E-state index in [0.29, 0.717) is 35.8 Å². The number of carbonyl (C=O) groups is 1. The molecule has 0 N–H and O–H groups in total. The standard InChI is InChI=1S/C25H23N3O8/c1-34-23-13-17-11-12-26(25(29)16-3-5-18(6-4-16)27(30)31)22(21(17)14-24(23)35-2)15-36-20-9-7-19(8-10-20)28(32)33/h3-10,13-14,22H,11-12,15H2,1-2H3. The molecule has 36 heavy (non-hydrogen) atoms. The Morgan fingerprint density at radius 3 is 2.03 bits per heavy atom. The van der Waals surface area contributed by atoms with Gasteiger partial charge in [-0.2, -0.15) is 0 Å². The molecule has 4 rings (SSSR count). The maximum absolute atomic E-state index is 13.5. The Balaban J connectivity index is 1.67. The van der Waals surface area contributed by atoms with Crippen molar-refractivity contribution in [2.45, 2.75) is 12.5 Å². The second kappa shape index (κ2) is 10.3. The van der Waals surface area contributed by atoms with E-state index in [1.165, 1.54) is 55.6 Å². The number of non-ortho nitro benzene ring substituents is 2. The maximum Gasteiger partial charge on any atom is 0.269 e. The molecule has 0 aromatic heterocycles. The van der Waals surface area contributed by atoms with Crippen LogP contribution in [0.4, 0.5) is 11.4 Å². The normalized spacial score (nSPS) is 14.5. The smallest absolute Gasteiger partial charge is 0.269 e. The summed E-state index contributed by atoms with van der Waals surface area (Å²) in [6.45, 7) is 0.450. The van der Waals surface area contributed by atoms with Gasteiger partial charge < -0.3 is 19.1 Å². The lowest BCUT2D eigenvalue weighted by Gasteiger charge is -2.37. The van der Waals surface area contributed by atoms with Gasteiger partial charge in [-0.25, -0.2) is 0 Å². The molecule has 0 saturated carbocycles. The lowest BCUT2D eigenvalue weighted by Crippen LogP contribution is -2.42. The van der Waals surface area contributed by atoms with E-state index in [1.54, 1.807) is 12.0 Å². The first-order chi connectivity index (χ1) is 17.3. The molecular formula is C25H23N3O8. The van der Waals surface area contributed by atoms with E-state index in [2.05, 4.69) is 0 Å². The first kappa shape index (κ1) is 24.5. The van der Waals surface area contributed by atoms with Gasteiger partial charge in [-0.1, -0.05) is 0 Å². The van der Waals surface area contributed by atoms with E-state index in [4.69, 9.17) is 14.2 Å². The second-order valence-corrected chi connectivity index (χ2v) is 8.04. The van der Waals surface area contributed by atoms with Gasteiger partial charge in [0.25, 0.3) is 17.3 Å². The quantitative estimate of drug-likeness (QED) is 0.334. The summed E-state index contributed by atoms with van der Waals surface area (Å²) < 4.78 is 16.8. The van der Waals surface area contributed by atoms with Crippen LogP contribution in [0.3, 0.4) is 0 Å². The number of ether oxygens (including phenoxy) is 3. The predicted molar refractivity (Wildman–Crippen MR) is 129 cm³/mol. The van der Waals surface area contributed by atoms with E-state index in [1.807, 2.05) is 12.1 Å². The highest BCUT2D eigenvalue weighted by molar-refractivity contribution is 5.95. The summed E-state index contributed by atoms with van der Waals surface area (Å²) in [6, 6.07) is 14.3. The molecule has 0 bridgehead atoms. The summed E-state index contributed by atoms with van der Waals surface area (Å²) in [5.41, 5.74) is 1.93. The van der Waals surface area contributed by atoms with E-state index in [0.717, 1.165) is 11.1 Å². The molecule has 1 heterocycles. The van der Waals surface area contributed by atoms with Gasteiger partial charge in [0, 0.05) is 36.4 Å². The van der Waals surface area contributed by atoms with Crippen LogP contribution in [0.15, 0.2) is 60.7 Å². The van der Waals surface area contributed by atoms with Crippen molar-refractivity contribution < 1.29 is 28.9 Å². The summed E-state index contributed by atoms with van der Waals surface area (Å²) >= 11 is 0. The van der Waals surface area contributed by atoms with Crippen molar-refractivity contribution in [1.82, 2.24) is 4.90 Å². The van der Waals surface area contributed by atoms with Crippen molar-refractivity contribution in [2.75, 3.05) is 27.4 Å². The van der Waals surface area contributed by atoms with Crippen LogP contribution >= 0.6 is 0 Å². The molecule has 0 spiro atoms. The highest BCUT2D eigenvalue weighted by Gasteiger charge is 2.33. The molecule has 11 heteroatoms. The summed E-state index contributed by atoms with van der Waals surface area (Å²) in [4.78, 5) is 36.1. The Kier molecular flexibility index (Phi) is 7.00. The van der Waals surface area contributed by atoms with Gasteiger partial charge >= 0.3 is 0 Å². The largest absolute Gasteiger partial charge is 0.493 e. The second-order valence-electron chi connectivity index (χ2n) is 8.04. The number of benzene rings is 3. The summed E-state index contributed by atoms with van der Waals surface area (Å²) in [6.07, 6.45) is 0.558. The Labute approximate surface area is 206 Å². The maximum atomic E-state index is 13.5. The lowest BCUT2D eigenvalue weighted by atomic mass is 9.91. The van der Waals surface area contributed by atoms with E-state index >= 15 is 0 Å². The monoisotopic (exact) mass is 493 g/mol.